The predicted molar refractivity (Wildman–Crippen MR) is 107 cm³/mol. The number of fused-ring (bicyclic) bond motifs is 1. The molecule has 1 saturated heterocycles. The van der Waals surface area contributed by atoms with Crippen LogP contribution >= 0.6 is 0 Å². The van der Waals surface area contributed by atoms with Crippen LogP contribution in [-0.2, 0) is 25.7 Å². The lowest BCUT2D eigenvalue weighted by atomic mass is 9.81. The van der Waals surface area contributed by atoms with E-state index >= 15 is 0 Å². The molecule has 9 heteroatoms. The summed E-state index contributed by atoms with van der Waals surface area (Å²) < 4.78 is 0. The van der Waals surface area contributed by atoms with Crippen LogP contribution in [0.25, 0.3) is 0 Å². The Bertz CT molecular complexity index is 827. The van der Waals surface area contributed by atoms with Crippen molar-refractivity contribution in [1.82, 2.24) is 15.5 Å². The zero-order chi connectivity index (χ0) is 21.7. The number of hydrogen-bond donors (Lipinski definition) is 3. The van der Waals surface area contributed by atoms with E-state index < -0.39 is 11.8 Å². The number of likely N-dealkylation sites (tertiary alicyclic amines) is 1. The lowest BCUT2D eigenvalue weighted by Gasteiger charge is -2.19. The first-order valence-electron chi connectivity index (χ1n) is 10.1. The molecule has 0 spiro atoms. The molecule has 1 aliphatic carbocycles. The van der Waals surface area contributed by atoms with Gasteiger partial charge in [0.15, 0.2) is 0 Å². The number of benzene rings is 1. The number of imide groups is 1. The van der Waals surface area contributed by atoms with E-state index in [9.17, 15) is 24.0 Å². The highest BCUT2D eigenvalue weighted by molar-refractivity contribution is 6.05. The fraction of sp³-hybridized carbons (Fsp3) is 0.476. The molecule has 2 unspecified atom stereocenters. The van der Waals surface area contributed by atoms with Gasteiger partial charge in [-0.25, -0.2) is 0 Å². The number of nitrogens with two attached hydrogens (primary N) is 1. The standard InChI is InChI=1S/C21H26N4O5/c22-17(26)12-24-19(28)14-7-5-13(6-8-14)11-23-18(27)9-10-25-20(29)15-3-1-2-4-16(15)21(25)30/h5-8,15-16H,1-4,9-12H2,(H2,22,26)(H,23,27)(H,24,28). The first-order chi connectivity index (χ1) is 14.4. The maximum Gasteiger partial charge on any atom is 0.251 e. The first kappa shape index (κ1) is 21.5. The molecule has 2 aliphatic rings. The molecule has 1 saturated carbocycles. The molecule has 5 amide bonds. The summed E-state index contributed by atoms with van der Waals surface area (Å²) in [5, 5.41) is 5.15. The van der Waals surface area contributed by atoms with Gasteiger partial charge in [-0.3, -0.25) is 28.9 Å². The number of nitrogens with one attached hydrogen (secondary N) is 2. The van der Waals surface area contributed by atoms with Gasteiger partial charge in [-0.15, -0.1) is 0 Å². The van der Waals surface area contributed by atoms with Gasteiger partial charge in [-0.05, 0) is 30.5 Å². The molecule has 30 heavy (non-hydrogen) atoms. The summed E-state index contributed by atoms with van der Waals surface area (Å²) in [6.07, 6.45) is 3.52. The summed E-state index contributed by atoms with van der Waals surface area (Å²) >= 11 is 0. The van der Waals surface area contributed by atoms with Crippen LogP contribution in [0, 0.1) is 11.8 Å². The summed E-state index contributed by atoms with van der Waals surface area (Å²) in [7, 11) is 0. The van der Waals surface area contributed by atoms with Gasteiger partial charge < -0.3 is 16.4 Å². The Balaban J connectivity index is 1.43. The van der Waals surface area contributed by atoms with Crippen molar-refractivity contribution in [3.05, 3.63) is 35.4 Å². The molecule has 1 aromatic carbocycles. The Morgan fingerprint density at radius 1 is 0.967 bits per heavy atom. The predicted octanol–water partition coefficient (Wildman–Crippen LogP) is 0.0832. The lowest BCUT2D eigenvalue weighted by molar-refractivity contribution is -0.140. The highest BCUT2D eigenvalue weighted by atomic mass is 16.2. The van der Waals surface area contributed by atoms with E-state index in [4.69, 9.17) is 5.73 Å². The van der Waals surface area contributed by atoms with Crippen molar-refractivity contribution < 1.29 is 24.0 Å². The Hall–Kier alpha value is -3.23. The largest absolute Gasteiger partial charge is 0.368 e. The summed E-state index contributed by atoms with van der Waals surface area (Å²) in [5.41, 5.74) is 6.15. The maximum atomic E-state index is 12.4. The minimum Gasteiger partial charge on any atom is -0.368 e. The molecule has 9 nitrogen and oxygen atoms in total. The number of hydrogen-bond acceptors (Lipinski definition) is 5. The number of primary amides is 1. The van der Waals surface area contributed by atoms with Gasteiger partial charge in [-0.1, -0.05) is 25.0 Å². The average molecular weight is 414 g/mol. The Morgan fingerprint density at radius 3 is 2.13 bits per heavy atom. The third kappa shape index (κ3) is 5.03. The van der Waals surface area contributed by atoms with Gasteiger partial charge >= 0.3 is 0 Å². The molecule has 1 heterocycles. The van der Waals surface area contributed by atoms with Crippen molar-refractivity contribution in [2.45, 2.75) is 38.6 Å². The average Bonchev–Trinajstić information content (AvgIpc) is 2.99. The number of carbonyl (C=O) groups is 5. The molecule has 4 N–H and O–H groups in total. The van der Waals surface area contributed by atoms with Crippen molar-refractivity contribution in [2.75, 3.05) is 13.1 Å². The third-order valence-corrected chi connectivity index (χ3v) is 5.62. The fourth-order valence-corrected chi connectivity index (χ4v) is 4.00. The van der Waals surface area contributed by atoms with E-state index in [-0.39, 0.29) is 55.6 Å². The maximum absolute atomic E-state index is 12.4. The van der Waals surface area contributed by atoms with E-state index in [1.54, 1.807) is 24.3 Å². The number of carbonyl (C=O) groups excluding carboxylic acids is 5. The van der Waals surface area contributed by atoms with E-state index in [0.717, 1.165) is 31.2 Å². The summed E-state index contributed by atoms with van der Waals surface area (Å²) in [6.45, 7) is 0.130. The minimum absolute atomic E-state index is 0.0600. The minimum atomic E-state index is -0.626. The molecule has 0 bridgehead atoms. The molecule has 1 aromatic rings. The molecule has 3 rings (SSSR count). The molecule has 2 atom stereocenters. The second-order valence-electron chi connectivity index (χ2n) is 7.70. The molecule has 160 valence electrons. The van der Waals surface area contributed by atoms with E-state index in [2.05, 4.69) is 10.6 Å². The quantitative estimate of drug-likeness (QED) is 0.517. The van der Waals surface area contributed by atoms with Crippen molar-refractivity contribution >= 4 is 29.5 Å². The van der Waals surface area contributed by atoms with Gasteiger partial charge in [-0.2, -0.15) is 0 Å². The molecule has 2 fully saturated rings. The zero-order valence-electron chi connectivity index (χ0n) is 16.7. The van der Waals surface area contributed by atoms with Crippen LogP contribution in [0.15, 0.2) is 24.3 Å². The topological polar surface area (TPSA) is 139 Å². The van der Waals surface area contributed by atoms with Crippen molar-refractivity contribution in [2.24, 2.45) is 17.6 Å². The number of nitrogens with zero attached hydrogens (tertiary/aromatic N) is 1. The van der Waals surface area contributed by atoms with Crippen molar-refractivity contribution in [3.8, 4) is 0 Å². The number of amides is 5. The normalized spacial score (nSPS) is 20.6. The Morgan fingerprint density at radius 2 is 1.57 bits per heavy atom. The van der Waals surface area contributed by atoms with E-state index in [1.807, 2.05) is 0 Å². The molecular formula is C21H26N4O5. The lowest BCUT2D eigenvalue weighted by Crippen LogP contribution is -2.35. The molecular weight excluding hydrogens is 388 g/mol. The van der Waals surface area contributed by atoms with Gasteiger partial charge in [0.1, 0.15) is 0 Å². The molecule has 0 radical (unpaired) electrons. The second-order valence-corrected chi connectivity index (χ2v) is 7.70. The van der Waals surface area contributed by atoms with Crippen LogP contribution in [0.1, 0.15) is 48.0 Å². The molecule has 0 aromatic heterocycles. The van der Waals surface area contributed by atoms with Crippen LogP contribution in [-0.4, -0.2) is 47.5 Å². The highest BCUT2D eigenvalue weighted by Gasteiger charge is 2.47. The summed E-state index contributed by atoms with van der Waals surface area (Å²) in [5.74, 6) is -1.97. The third-order valence-electron chi connectivity index (χ3n) is 5.62. The Labute approximate surface area is 174 Å². The number of rotatable bonds is 8. The van der Waals surface area contributed by atoms with Crippen LogP contribution in [0.2, 0.25) is 0 Å². The Kier molecular flexibility index (Phi) is 6.81. The van der Waals surface area contributed by atoms with Crippen molar-refractivity contribution in [1.29, 1.82) is 0 Å². The van der Waals surface area contributed by atoms with Crippen LogP contribution < -0.4 is 16.4 Å². The van der Waals surface area contributed by atoms with Gasteiger partial charge in [0.2, 0.25) is 23.6 Å². The first-order valence-corrected chi connectivity index (χ1v) is 10.1. The van der Waals surface area contributed by atoms with Gasteiger partial charge in [0.05, 0.1) is 18.4 Å². The van der Waals surface area contributed by atoms with Gasteiger partial charge in [0.25, 0.3) is 5.91 Å². The molecule has 1 aliphatic heterocycles. The second kappa shape index (κ2) is 9.51. The van der Waals surface area contributed by atoms with Crippen molar-refractivity contribution in [3.63, 3.8) is 0 Å². The summed E-state index contributed by atoms with van der Waals surface area (Å²) in [4.78, 5) is 60.8. The monoisotopic (exact) mass is 414 g/mol. The SMILES string of the molecule is NC(=O)CNC(=O)c1ccc(CNC(=O)CCN2C(=O)C3CCCCC3C2=O)cc1. The smallest absolute Gasteiger partial charge is 0.251 e. The zero-order valence-corrected chi connectivity index (χ0v) is 16.7. The highest BCUT2D eigenvalue weighted by Crippen LogP contribution is 2.37. The van der Waals surface area contributed by atoms with Gasteiger partial charge in [0, 0.05) is 25.1 Å². The van der Waals surface area contributed by atoms with Crippen LogP contribution in [0.4, 0.5) is 0 Å². The van der Waals surface area contributed by atoms with Crippen LogP contribution in [0.3, 0.4) is 0 Å². The van der Waals surface area contributed by atoms with E-state index in [1.165, 1.54) is 4.90 Å². The summed E-state index contributed by atoms with van der Waals surface area (Å²) in [6, 6.07) is 6.55. The van der Waals surface area contributed by atoms with Crippen LogP contribution in [0.5, 0.6) is 0 Å². The fourth-order valence-electron chi connectivity index (χ4n) is 4.00. The van der Waals surface area contributed by atoms with E-state index in [0.29, 0.717) is 5.56 Å².